The molecule has 4 aromatic rings. The van der Waals surface area contributed by atoms with Crippen LogP contribution in [0.15, 0.2) is 61.1 Å². The first kappa shape index (κ1) is 15.0. The van der Waals surface area contributed by atoms with E-state index in [-0.39, 0.29) is 11.5 Å². The van der Waals surface area contributed by atoms with Crippen LogP contribution in [0, 0.1) is 0 Å². The Balaban J connectivity index is 1.89. The first-order valence-electron chi connectivity index (χ1n) is 7.66. The van der Waals surface area contributed by atoms with E-state index in [0.717, 1.165) is 11.3 Å². The van der Waals surface area contributed by atoms with Crippen molar-refractivity contribution in [1.82, 2.24) is 14.4 Å². The van der Waals surface area contributed by atoms with Gasteiger partial charge in [0.2, 0.25) is 0 Å². The lowest BCUT2D eigenvalue weighted by atomic mass is 10.1. The molecule has 2 heterocycles. The standard InChI is InChI=1S/C19H15N3O3/c1-25-18-8-12(6-7-17(18)24)15-9-21-19-10-20-14(11-22(15)19)13-4-2-3-5-16(13)23/h2-11,23-24H,1H3. The van der Waals surface area contributed by atoms with E-state index in [1.165, 1.54) is 7.11 Å². The first-order valence-corrected chi connectivity index (χ1v) is 7.66. The molecule has 4 rings (SSSR count). The maximum atomic E-state index is 10.1. The number of rotatable bonds is 3. The van der Waals surface area contributed by atoms with E-state index >= 15 is 0 Å². The third-order valence-corrected chi connectivity index (χ3v) is 4.05. The van der Waals surface area contributed by atoms with Crippen LogP contribution in [0.5, 0.6) is 17.2 Å². The lowest BCUT2D eigenvalue weighted by molar-refractivity contribution is 0.373. The van der Waals surface area contributed by atoms with Gasteiger partial charge in [-0.25, -0.2) is 4.98 Å². The average Bonchev–Trinajstić information content (AvgIpc) is 3.06. The number of benzene rings is 2. The highest BCUT2D eigenvalue weighted by Crippen LogP contribution is 2.33. The van der Waals surface area contributed by atoms with Crippen LogP contribution in [0.25, 0.3) is 28.2 Å². The van der Waals surface area contributed by atoms with E-state index in [1.54, 1.807) is 42.7 Å². The van der Waals surface area contributed by atoms with Gasteiger partial charge in [0, 0.05) is 17.3 Å². The highest BCUT2D eigenvalue weighted by molar-refractivity contribution is 5.70. The summed E-state index contributed by atoms with van der Waals surface area (Å²) in [5.41, 5.74) is 3.63. The van der Waals surface area contributed by atoms with Crippen LogP contribution < -0.4 is 4.74 Å². The second-order valence-electron chi connectivity index (χ2n) is 5.55. The molecule has 6 heteroatoms. The van der Waals surface area contributed by atoms with Crippen molar-refractivity contribution in [3.05, 3.63) is 61.1 Å². The molecule has 0 bridgehead atoms. The molecule has 2 N–H and O–H groups in total. The van der Waals surface area contributed by atoms with E-state index in [4.69, 9.17) is 4.74 Å². The molecular weight excluding hydrogens is 318 g/mol. The Morgan fingerprint density at radius 3 is 2.60 bits per heavy atom. The summed E-state index contributed by atoms with van der Waals surface area (Å²) in [7, 11) is 1.51. The lowest BCUT2D eigenvalue weighted by Crippen LogP contribution is -1.93. The number of hydrogen-bond acceptors (Lipinski definition) is 5. The van der Waals surface area contributed by atoms with Crippen molar-refractivity contribution in [1.29, 1.82) is 0 Å². The summed E-state index contributed by atoms with van der Waals surface area (Å²) in [6.45, 7) is 0. The predicted octanol–water partition coefficient (Wildman–Crippen LogP) is 3.48. The summed E-state index contributed by atoms with van der Waals surface area (Å²) in [5, 5.41) is 19.8. The van der Waals surface area contributed by atoms with Crippen LogP contribution in [0.2, 0.25) is 0 Å². The zero-order valence-corrected chi connectivity index (χ0v) is 13.4. The highest BCUT2D eigenvalue weighted by atomic mass is 16.5. The summed E-state index contributed by atoms with van der Waals surface area (Å²) in [6, 6.07) is 12.2. The molecule has 0 atom stereocenters. The van der Waals surface area contributed by atoms with Crippen LogP contribution in [0.1, 0.15) is 0 Å². The van der Waals surface area contributed by atoms with Gasteiger partial charge in [-0.3, -0.25) is 9.38 Å². The van der Waals surface area contributed by atoms with E-state index in [2.05, 4.69) is 9.97 Å². The Labute approximate surface area is 143 Å². The van der Waals surface area contributed by atoms with Gasteiger partial charge in [0.1, 0.15) is 5.75 Å². The second-order valence-corrected chi connectivity index (χ2v) is 5.55. The van der Waals surface area contributed by atoms with Crippen LogP contribution in [-0.2, 0) is 0 Å². The van der Waals surface area contributed by atoms with Gasteiger partial charge in [0.15, 0.2) is 17.1 Å². The number of para-hydroxylation sites is 1. The lowest BCUT2D eigenvalue weighted by Gasteiger charge is -2.08. The Bertz CT molecular complexity index is 1070. The molecule has 2 aromatic carbocycles. The molecule has 25 heavy (non-hydrogen) atoms. The molecule has 0 aliphatic carbocycles. The molecule has 0 amide bonds. The normalized spacial score (nSPS) is 10.9. The van der Waals surface area contributed by atoms with Crippen LogP contribution in [0.3, 0.4) is 0 Å². The Kier molecular flexibility index (Phi) is 3.50. The van der Waals surface area contributed by atoms with Crippen LogP contribution in [0.4, 0.5) is 0 Å². The Morgan fingerprint density at radius 2 is 1.80 bits per heavy atom. The predicted molar refractivity (Wildman–Crippen MR) is 93.7 cm³/mol. The number of aromatic hydroxyl groups is 2. The van der Waals surface area contributed by atoms with Crippen LogP contribution in [-0.4, -0.2) is 31.7 Å². The van der Waals surface area contributed by atoms with Crippen molar-refractivity contribution >= 4 is 5.65 Å². The Morgan fingerprint density at radius 1 is 0.960 bits per heavy atom. The monoisotopic (exact) mass is 333 g/mol. The fraction of sp³-hybridized carbons (Fsp3) is 0.0526. The van der Waals surface area contributed by atoms with Gasteiger partial charge in [0.25, 0.3) is 0 Å². The molecule has 0 aliphatic heterocycles. The zero-order valence-electron chi connectivity index (χ0n) is 13.4. The third kappa shape index (κ3) is 2.53. The summed E-state index contributed by atoms with van der Waals surface area (Å²) < 4.78 is 7.07. The maximum Gasteiger partial charge on any atom is 0.161 e. The van der Waals surface area contributed by atoms with Crippen molar-refractivity contribution in [2.24, 2.45) is 0 Å². The van der Waals surface area contributed by atoms with Crippen molar-refractivity contribution in [3.8, 4) is 39.8 Å². The van der Waals surface area contributed by atoms with Gasteiger partial charge in [-0.05, 0) is 30.3 Å². The molecule has 0 saturated carbocycles. The molecule has 0 fully saturated rings. The van der Waals surface area contributed by atoms with E-state index in [0.29, 0.717) is 22.7 Å². The minimum absolute atomic E-state index is 0.0802. The summed E-state index contributed by atoms with van der Waals surface area (Å²) >= 11 is 0. The summed E-state index contributed by atoms with van der Waals surface area (Å²) in [5.74, 6) is 0.640. The minimum atomic E-state index is 0.0802. The fourth-order valence-electron chi connectivity index (χ4n) is 2.77. The molecule has 2 aromatic heterocycles. The number of hydrogen-bond donors (Lipinski definition) is 2. The molecule has 0 radical (unpaired) electrons. The maximum absolute atomic E-state index is 10.1. The van der Waals surface area contributed by atoms with Crippen molar-refractivity contribution in [2.45, 2.75) is 0 Å². The number of aromatic nitrogens is 3. The number of phenolic OH excluding ortho intramolecular Hbond substituents is 2. The van der Waals surface area contributed by atoms with Gasteiger partial charge in [0.05, 0.1) is 30.9 Å². The second kappa shape index (κ2) is 5.83. The summed E-state index contributed by atoms with van der Waals surface area (Å²) in [4.78, 5) is 8.75. The summed E-state index contributed by atoms with van der Waals surface area (Å²) in [6.07, 6.45) is 5.21. The molecule has 0 aliphatic rings. The largest absolute Gasteiger partial charge is 0.507 e. The van der Waals surface area contributed by atoms with Crippen molar-refractivity contribution < 1.29 is 14.9 Å². The molecular formula is C19H15N3O3. The molecule has 0 unspecified atom stereocenters. The average molecular weight is 333 g/mol. The number of imidazole rings is 1. The first-order chi connectivity index (χ1) is 12.2. The number of ether oxygens (including phenoxy) is 1. The van der Waals surface area contributed by atoms with Crippen molar-refractivity contribution in [2.75, 3.05) is 7.11 Å². The van der Waals surface area contributed by atoms with E-state index < -0.39 is 0 Å². The SMILES string of the molecule is COc1cc(-c2cnc3cnc(-c4ccccc4O)cn23)ccc1O. The van der Waals surface area contributed by atoms with Crippen molar-refractivity contribution in [3.63, 3.8) is 0 Å². The Hall–Kier alpha value is -3.54. The smallest absolute Gasteiger partial charge is 0.161 e. The topological polar surface area (TPSA) is 79.9 Å². The minimum Gasteiger partial charge on any atom is -0.507 e. The number of methoxy groups -OCH3 is 1. The fourth-order valence-corrected chi connectivity index (χ4v) is 2.77. The highest BCUT2D eigenvalue weighted by Gasteiger charge is 2.12. The van der Waals surface area contributed by atoms with Gasteiger partial charge in [-0.1, -0.05) is 12.1 Å². The van der Waals surface area contributed by atoms with Crippen LogP contribution >= 0.6 is 0 Å². The molecule has 0 saturated heterocycles. The quantitative estimate of drug-likeness (QED) is 0.600. The number of nitrogens with zero attached hydrogens (tertiary/aromatic N) is 3. The van der Waals surface area contributed by atoms with Gasteiger partial charge < -0.3 is 14.9 Å². The van der Waals surface area contributed by atoms with E-state index in [9.17, 15) is 10.2 Å². The third-order valence-electron chi connectivity index (χ3n) is 4.05. The van der Waals surface area contributed by atoms with E-state index in [1.807, 2.05) is 22.7 Å². The number of fused-ring (bicyclic) bond motifs is 1. The van der Waals surface area contributed by atoms with Gasteiger partial charge in [-0.2, -0.15) is 0 Å². The van der Waals surface area contributed by atoms with Gasteiger partial charge >= 0.3 is 0 Å². The number of phenols is 2. The zero-order chi connectivity index (χ0) is 17.4. The van der Waals surface area contributed by atoms with Gasteiger partial charge in [-0.15, -0.1) is 0 Å². The molecule has 124 valence electrons. The molecule has 0 spiro atoms. The molecule has 6 nitrogen and oxygen atoms in total.